The van der Waals surface area contributed by atoms with Crippen molar-refractivity contribution in [3.05, 3.63) is 35.6 Å². The molecule has 2 fully saturated rings. The molecule has 0 aliphatic carbocycles. The van der Waals surface area contributed by atoms with Crippen LogP contribution < -0.4 is 27.0 Å². The van der Waals surface area contributed by atoms with Crippen molar-refractivity contribution in [3.63, 3.8) is 0 Å². The minimum absolute atomic E-state index is 0.00385. The number of amides is 1. The first-order valence-electron chi connectivity index (χ1n) is 9.54. The summed E-state index contributed by atoms with van der Waals surface area (Å²) in [5, 5.41) is 6.08. The number of nitrogens with one attached hydrogen (secondary N) is 5. The van der Waals surface area contributed by atoms with Crippen molar-refractivity contribution in [2.24, 2.45) is 4.99 Å². The van der Waals surface area contributed by atoms with Gasteiger partial charge in [0.2, 0.25) is 0 Å². The van der Waals surface area contributed by atoms with Crippen LogP contribution in [0.4, 0.5) is 4.39 Å². The van der Waals surface area contributed by atoms with Gasteiger partial charge in [-0.1, -0.05) is 12.1 Å². The summed E-state index contributed by atoms with van der Waals surface area (Å²) in [6, 6.07) is 6.52. The van der Waals surface area contributed by atoms with Gasteiger partial charge in [-0.15, -0.1) is 0 Å². The summed E-state index contributed by atoms with van der Waals surface area (Å²) in [7, 11) is 0. The third-order valence-corrected chi connectivity index (χ3v) is 4.45. The molecule has 4 atom stereocenters. The van der Waals surface area contributed by atoms with Gasteiger partial charge in [0, 0.05) is 30.5 Å². The Morgan fingerprint density at radius 3 is 2.54 bits per heavy atom. The van der Waals surface area contributed by atoms with Crippen molar-refractivity contribution >= 4 is 11.9 Å². The van der Waals surface area contributed by atoms with E-state index in [1.54, 1.807) is 12.1 Å². The molecular weight excluding hydrogens is 363 g/mol. The smallest absolute Gasteiger partial charge is 0.257 e. The molecule has 0 aromatic heterocycles. The van der Waals surface area contributed by atoms with Crippen LogP contribution in [0.2, 0.25) is 0 Å². The standard InChI is InChI=1S/C19H29FN6O2/c1-11-9-15(28-26-11)17(27)22-18(23-19(2,3)4)21-16-10-14(24-25-16)12-5-7-13(20)8-6-12/h5-8,11,14-16,24-26H,9-10H2,1-4H3,(H2,21,22,23,27). The number of hydrogen-bond donors (Lipinski definition) is 5. The SMILES string of the molecule is CC1CC(C(=O)NC(=NC2CC(c3ccc(F)cc3)NN2)NC(C)(C)C)ON1. The van der Waals surface area contributed by atoms with E-state index in [0.29, 0.717) is 18.8 Å². The Labute approximate surface area is 164 Å². The first-order valence-corrected chi connectivity index (χ1v) is 9.54. The zero-order valence-electron chi connectivity index (χ0n) is 16.7. The van der Waals surface area contributed by atoms with E-state index in [1.807, 2.05) is 27.7 Å². The van der Waals surface area contributed by atoms with Gasteiger partial charge in [-0.2, -0.15) is 5.48 Å². The summed E-state index contributed by atoms with van der Waals surface area (Å²) >= 11 is 0. The molecule has 2 saturated heterocycles. The van der Waals surface area contributed by atoms with Gasteiger partial charge >= 0.3 is 0 Å². The van der Waals surface area contributed by atoms with Gasteiger partial charge in [0.1, 0.15) is 12.0 Å². The zero-order valence-corrected chi connectivity index (χ0v) is 16.7. The average Bonchev–Trinajstić information content (AvgIpc) is 3.23. The number of carbonyl (C=O) groups excluding carboxylic acids is 1. The number of benzene rings is 1. The van der Waals surface area contributed by atoms with E-state index in [2.05, 4.69) is 32.0 Å². The molecule has 0 bridgehead atoms. The van der Waals surface area contributed by atoms with Gasteiger partial charge < -0.3 is 5.32 Å². The molecule has 3 rings (SSSR count). The average molecular weight is 392 g/mol. The maximum Gasteiger partial charge on any atom is 0.257 e. The highest BCUT2D eigenvalue weighted by atomic mass is 19.1. The number of guanidine groups is 1. The summed E-state index contributed by atoms with van der Waals surface area (Å²) < 4.78 is 13.1. The third kappa shape index (κ3) is 5.71. The zero-order chi connectivity index (χ0) is 20.3. The summed E-state index contributed by atoms with van der Waals surface area (Å²) in [6.45, 7) is 7.93. The van der Waals surface area contributed by atoms with E-state index in [1.165, 1.54) is 12.1 Å². The van der Waals surface area contributed by atoms with Crippen molar-refractivity contribution in [2.75, 3.05) is 0 Å². The highest BCUT2D eigenvalue weighted by Gasteiger charge is 2.31. The minimum atomic E-state index is -0.552. The molecule has 0 spiro atoms. The largest absolute Gasteiger partial charge is 0.351 e. The molecule has 0 saturated carbocycles. The van der Waals surface area contributed by atoms with Crippen LogP contribution in [0, 0.1) is 5.82 Å². The number of carbonyl (C=O) groups is 1. The number of hydrazine groups is 1. The number of aliphatic imine (C=N–C) groups is 1. The number of rotatable bonds is 3. The lowest BCUT2D eigenvalue weighted by molar-refractivity contribution is -0.131. The molecule has 28 heavy (non-hydrogen) atoms. The minimum Gasteiger partial charge on any atom is -0.351 e. The van der Waals surface area contributed by atoms with Crippen LogP contribution in [0.3, 0.4) is 0 Å². The predicted octanol–water partition coefficient (Wildman–Crippen LogP) is 1.23. The molecule has 8 nitrogen and oxygen atoms in total. The Morgan fingerprint density at radius 2 is 1.93 bits per heavy atom. The summed E-state index contributed by atoms with van der Waals surface area (Å²) in [6.07, 6.45) is 0.463. The number of hydrogen-bond acceptors (Lipinski definition) is 6. The summed E-state index contributed by atoms with van der Waals surface area (Å²) in [5.41, 5.74) is 9.78. The van der Waals surface area contributed by atoms with Gasteiger partial charge in [0.05, 0.1) is 0 Å². The lowest BCUT2D eigenvalue weighted by Crippen LogP contribution is -2.52. The molecule has 154 valence electrons. The van der Waals surface area contributed by atoms with Crippen molar-refractivity contribution in [1.29, 1.82) is 0 Å². The van der Waals surface area contributed by atoms with Gasteiger partial charge in [-0.3, -0.25) is 14.9 Å². The second-order valence-electron chi connectivity index (χ2n) is 8.35. The van der Waals surface area contributed by atoms with Crippen LogP contribution in [0.25, 0.3) is 0 Å². The van der Waals surface area contributed by atoms with E-state index >= 15 is 0 Å². The van der Waals surface area contributed by atoms with E-state index in [9.17, 15) is 9.18 Å². The topological polar surface area (TPSA) is 98.8 Å². The van der Waals surface area contributed by atoms with Gasteiger partial charge in [-0.25, -0.2) is 20.2 Å². The molecular formula is C19H29FN6O2. The quantitative estimate of drug-likeness (QED) is 0.392. The molecule has 1 aromatic rings. The fourth-order valence-corrected chi connectivity index (χ4v) is 3.12. The maximum atomic E-state index is 13.1. The van der Waals surface area contributed by atoms with Crippen molar-refractivity contribution in [2.45, 2.75) is 70.4 Å². The molecule has 1 amide bonds. The Morgan fingerprint density at radius 1 is 1.21 bits per heavy atom. The van der Waals surface area contributed by atoms with Crippen LogP contribution in [-0.4, -0.2) is 35.7 Å². The molecule has 2 aliphatic rings. The van der Waals surface area contributed by atoms with Crippen LogP contribution in [0.15, 0.2) is 29.3 Å². The first kappa shape index (κ1) is 20.7. The Bertz CT molecular complexity index is 718. The Hall–Kier alpha value is -2.07. The molecule has 9 heteroatoms. The number of nitrogens with zero attached hydrogens (tertiary/aromatic N) is 1. The fraction of sp³-hybridized carbons (Fsp3) is 0.579. The van der Waals surface area contributed by atoms with Gasteiger partial charge in [0.25, 0.3) is 5.91 Å². The highest BCUT2D eigenvalue weighted by Crippen LogP contribution is 2.23. The summed E-state index contributed by atoms with van der Waals surface area (Å²) in [4.78, 5) is 22.5. The van der Waals surface area contributed by atoms with Gasteiger partial charge in [0.15, 0.2) is 12.1 Å². The first-order chi connectivity index (χ1) is 13.2. The van der Waals surface area contributed by atoms with E-state index in [4.69, 9.17) is 4.84 Å². The fourth-order valence-electron chi connectivity index (χ4n) is 3.12. The van der Waals surface area contributed by atoms with Gasteiger partial charge in [-0.05, 0) is 45.4 Å². The molecule has 2 aliphatic heterocycles. The molecule has 2 heterocycles. The van der Waals surface area contributed by atoms with E-state index in [0.717, 1.165) is 5.56 Å². The third-order valence-electron chi connectivity index (χ3n) is 4.45. The van der Waals surface area contributed by atoms with E-state index in [-0.39, 0.29) is 35.5 Å². The second kappa shape index (κ2) is 8.52. The normalized spacial score (nSPS) is 28.4. The van der Waals surface area contributed by atoms with Crippen LogP contribution in [-0.2, 0) is 9.63 Å². The maximum absolute atomic E-state index is 13.1. The lowest BCUT2D eigenvalue weighted by Gasteiger charge is -2.25. The van der Waals surface area contributed by atoms with Crippen molar-refractivity contribution in [1.82, 2.24) is 27.0 Å². The van der Waals surface area contributed by atoms with E-state index < -0.39 is 6.10 Å². The lowest BCUT2D eigenvalue weighted by atomic mass is 10.0. The molecule has 0 radical (unpaired) electrons. The molecule has 4 unspecified atom stereocenters. The van der Waals surface area contributed by atoms with Crippen LogP contribution in [0.5, 0.6) is 0 Å². The monoisotopic (exact) mass is 392 g/mol. The van der Waals surface area contributed by atoms with Crippen molar-refractivity contribution < 1.29 is 14.0 Å². The molecule has 1 aromatic carbocycles. The number of hydroxylamine groups is 1. The van der Waals surface area contributed by atoms with Crippen molar-refractivity contribution in [3.8, 4) is 0 Å². The van der Waals surface area contributed by atoms with Crippen LogP contribution in [0.1, 0.15) is 52.1 Å². The Balaban J connectivity index is 1.66. The number of halogens is 1. The highest BCUT2D eigenvalue weighted by molar-refractivity contribution is 5.99. The van der Waals surface area contributed by atoms with Crippen LogP contribution >= 0.6 is 0 Å². The second-order valence-corrected chi connectivity index (χ2v) is 8.35. The summed E-state index contributed by atoms with van der Waals surface area (Å²) in [5.74, 6) is -0.116. The Kier molecular flexibility index (Phi) is 6.29. The molecule has 5 N–H and O–H groups in total. The predicted molar refractivity (Wildman–Crippen MR) is 104 cm³/mol.